The Hall–Kier alpha value is -2.10. The molecule has 2 rings (SSSR count). The Balaban J connectivity index is 2.22. The van der Waals surface area contributed by atoms with Gasteiger partial charge in [0.05, 0.1) is 11.8 Å². The molecule has 0 saturated carbocycles. The van der Waals surface area contributed by atoms with Gasteiger partial charge in [-0.3, -0.25) is 4.79 Å². The van der Waals surface area contributed by atoms with Crippen LogP contribution in [0.5, 0.6) is 0 Å². The fourth-order valence-electron chi connectivity index (χ4n) is 1.36. The second-order valence-corrected chi connectivity index (χ2v) is 3.35. The zero-order chi connectivity index (χ0) is 11.5. The summed E-state index contributed by atoms with van der Waals surface area (Å²) in [5, 5.41) is 0. The lowest BCUT2D eigenvalue weighted by molar-refractivity contribution is 0.0992. The summed E-state index contributed by atoms with van der Waals surface area (Å²) < 4.78 is 17.5. The predicted octanol–water partition coefficient (Wildman–Crippen LogP) is 2.70. The molecule has 0 aliphatic carbocycles. The summed E-state index contributed by atoms with van der Waals surface area (Å²) in [7, 11) is 1.63. The number of rotatable bonds is 2. The first-order valence-electron chi connectivity index (χ1n) is 4.74. The van der Waals surface area contributed by atoms with Crippen molar-refractivity contribution in [1.82, 2.24) is 0 Å². The van der Waals surface area contributed by atoms with Crippen molar-refractivity contribution in [2.75, 3.05) is 11.9 Å². The highest BCUT2D eigenvalue weighted by Crippen LogP contribution is 2.16. The molecule has 0 atom stereocenters. The van der Waals surface area contributed by atoms with E-state index in [1.807, 2.05) is 0 Å². The number of furan rings is 1. The fraction of sp³-hybridized carbons (Fsp3) is 0.0833. The van der Waals surface area contributed by atoms with Crippen LogP contribution in [-0.4, -0.2) is 13.0 Å². The Morgan fingerprint density at radius 2 is 1.94 bits per heavy atom. The molecule has 0 bridgehead atoms. The van der Waals surface area contributed by atoms with Crippen LogP contribution in [0.4, 0.5) is 10.1 Å². The lowest BCUT2D eigenvalue weighted by atomic mass is 10.2. The van der Waals surface area contributed by atoms with E-state index in [0.29, 0.717) is 11.3 Å². The number of benzene rings is 1. The SMILES string of the molecule is CN(C(=O)c1ccoc1)c1ccc(F)cc1. The number of amides is 1. The van der Waals surface area contributed by atoms with E-state index in [1.54, 1.807) is 25.2 Å². The van der Waals surface area contributed by atoms with Gasteiger partial charge in [-0.25, -0.2) is 4.39 Å². The van der Waals surface area contributed by atoms with Crippen LogP contribution in [-0.2, 0) is 0 Å². The lowest BCUT2D eigenvalue weighted by Crippen LogP contribution is -2.25. The molecule has 0 spiro atoms. The molecule has 2 aromatic rings. The summed E-state index contributed by atoms with van der Waals surface area (Å²) in [5.74, 6) is -0.520. The van der Waals surface area contributed by atoms with E-state index >= 15 is 0 Å². The molecule has 4 heteroatoms. The van der Waals surface area contributed by atoms with Crippen LogP contribution in [0.1, 0.15) is 10.4 Å². The van der Waals surface area contributed by atoms with Gasteiger partial charge in [-0.1, -0.05) is 0 Å². The minimum absolute atomic E-state index is 0.194. The summed E-state index contributed by atoms with van der Waals surface area (Å²) in [5.41, 5.74) is 1.10. The van der Waals surface area contributed by atoms with Gasteiger partial charge in [0.1, 0.15) is 12.1 Å². The Morgan fingerprint density at radius 3 is 2.50 bits per heavy atom. The summed E-state index contributed by atoms with van der Waals surface area (Å²) >= 11 is 0. The van der Waals surface area contributed by atoms with E-state index in [1.165, 1.54) is 29.6 Å². The maximum atomic E-state index is 12.7. The average molecular weight is 219 g/mol. The third-order valence-electron chi connectivity index (χ3n) is 2.29. The molecule has 0 saturated heterocycles. The van der Waals surface area contributed by atoms with Crippen LogP contribution in [0.3, 0.4) is 0 Å². The first-order chi connectivity index (χ1) is 7.68. The molecule has 3 nitrogen and oxygen atoms in total. The second-order valence-electron chi connectivity index (χ2n) is 3.35. The number of hydrogen-bond acceptors (Lipinski definition) is 2. The van der Waals surface area contributed by atoms with Gasteiger partial charge in [0.15, 0.2) is 0 Å². The molecule has 0 radical (unpaired) electrons. The number of halogens is 1. The summed E-state index contributed by atoms with van der Waals surface area (Å²) in [6, 6.07) is 7.31. The Morgan fingerprint density at radius 1 is 1.25 bits per heavy atom. The van der Waals surface area contributed by atoms with E-state index in [4.69, 9.17) is 4.42 Å². The zero-order valence-corrected chi connectivity index (χ0v) is 8.68. The number of hydrogen-bond donors (Lipinski definition) is 0. The van der Waals surface area contributed by atoms with Gasteiger partial charge in [0, 0.05) is 12.7 Å². The van der Waals surface area contributed by atoms with Crippen LogP contribution < -0.4 is 4.90 Å². The molecule has 0 unspecified atom stereocenters. The third-order valence-corrected chi connectivity index (χ3v) is 2.29. The highest BCUT2D eigenvalue weighted by Gasteiger charge is 2.14. The monoisotopic (exact) mass is 219 g/mol. The molecule has 1 heterocycles. The van der Waals surface area contributed by atoms with Gasteiger partial charge in [-0.2, -0.15) is 0 Å². The number of anilines is 1. The van der Waals surface area contributed by atoms with Gasteiger partial charge in [0.25, 0.3) is 5.91 Å². The number of nitrogens with zero attached hydrogens (tertiary/aromatic N) is 1. The summed E-state index contributed by atoms with van der Waals surface area (Å²) in [4.78, 5) is 13.3. The predicted molar refractivity (Wildman–Crippen MR) is 57.8 cm³/mol. The van der Waals surface area contributed by atoms with Crippen LogP contribution in [0, 0.1) is 5.82 Å². The molecule has 1 aromatic carbocycles. The van der Waals surface area contributed by atoms with E-state index in [9.17, 15) is 9.18 Å². The Kier molecular flexibility index (Phi) is 2.72. The Labute approximate surface area is 92.1 Å². The van der Waals surface area contributed by atoms with Crippen molar-refractivity contribution in [2.24, 2.45) is 0 Å². The number of carbonyl (C=O) groups is 1. The first kappa shape index (κ1) is 10.4. The van der Waals surface area contributed by atoms with Gasteiger partial charge in [-0.15, -0.1) is 0 Å². The van der Waals surface area contributed by atoms with Crippen LogP contribution in [0.25, 0.3) is 0 Å². The highest BCUT2D eigenvalue weighted by atomic mass is 19.1. The van der Waals surface area contributed by atoms with Gasteiger partial charge < -0.3 is 9.32 Å². The molecular formula is C12H10FNO2. The molecule has 0 N–H and O–H groups in total. The Bertz CT molecular complexity index is 476. The van der Waals surface area contributed by atoms with Crippen molar-refractivity contribution in [2.45, 2.75) is 0 Å². The first-order valence-corrected chi connectivity index (χ1v) is 4.74. The molecular weight excluding hydrogens is 209 g/mol. The zero-order valence-electron chi connectivity index (χ0n) is 8.68. The van der Waals surface area contributed by atoms with E-state index in [0.717, 1.165) is 0 Å². The van der Waals surface area contributed by atoms with Crippen molar-refractivity contribution in [3.05, 3.63) is 54.2 Å². The van der Waals surface area contributed by atoms with Crippen molar-refractivity contribution in [1.29, 1.82) is 0 Å². The van der Waals surface area contributed by atoms with Crippen LogP contribution in [0.15, 0.2) is 47.3 Å². The van der Waals surface area contributed by atoms with Crippen molar-refractivity contribution < 1.29 is 13.6 Å². The maximum Gasteiger partial charge on any atom is 0.261 e. The van der Waals surface area contributed by atoms with Crippen LogP contribution >= 0.6 is 0 Å². The highest BCUT2D eigenvalue weighted by molar-refractivity contribution is 6.05. The minimum Gasteiger partial charge on any atom is -0.472 e. The minimum atomic E-state index is -0.326. The molecule has 0 aliphatic heterocycles. The third kappa shape index (κ3) is 1.95. The second kappa shape index (κ2) is 4.18. The standard InChI is InChI=1S/C12H10FNO2/c1-14(11-4-2-10(13)3-5-11)12(15)9-6-7-16-8-9/h2-8H,1H3. The fourth-order valence-corrected chi connectivity index (χ4v) is 1.36. The average Bonchev–Trinajstić information content (AvgIpc) is 2.81. The summed E-state index contributed by atoms with van der Waals surface area (Å²) in [6.07, 6.45) is 2.81. The lowest BCUT2D eigenvalue weighted by Gasteiger charge is -2.16. The van der Waals surface area contributed by atoms with Gasteiger partial charge in [-0.05, 0) is 30.3 Å². The van der Waals surface area contributed by atoms with Crippen LogP contribution in [0.2, 0.25) is 0 Å². The molecule has 16 heavy (non-hydrogen) atoms. The molecule has 1 aromatic heterocycles. The van der Waals surface area contributed by atoms with E-state index in [2.05, 4.69) is 0 Å². The largest absolute Gasteiger partial charge is 0.472 e. The maximum absolute atomic E-state index is 12.7. The molecule has 0 fully saturated rings. The van der Waals surface area contributed by atoms with E-state index in [-0.39, 0.29) is 11.7 Å². The van der Waals surface area contributed by atoms with Gasteiger partial charge >= 0.3 is 0 Å². The van der Waals surface area contributed by atoms with Crippen molar-refractivity contribution >= 4 is 11.6 Å². The molecule has 1 amide bonds. The normalized spacial score (nSPS) is 10.1. The molecule has 82 valence electrons. The van der Waals surface area contributed by atoms with Gasteiger partial charge in [0.2, 0.25) is 0 Å². The smallest absolute Gasteiger partial charge is 0.261 e. The summed E-state index contributed by atoms with van der Waals surface area (Å²) in [6.45, 7) is 0. The van der Waals surface area contributed by atoms with Crippen molar-refractivity contribution in [3.8, 4) is 0 Å². The number of carbonyl (C=O) groups excluding carboxylic acids is 1. The quantitative estimate of drug-likeness (QED) is 0.778. The molecule has 0 aliphatic rings. The topological polar surface area (TPSA) is 33.5 Å². The van der Waals surface area contributed by atoms with E-state index < -0.39 is 0 Å². The van der Waals surface area contributed by atoms with Crippen molar-refractivity contribution in [3.63, 3.8) is 0 Å².